The topological polar surface area (TPSA) is 49.4 Å². The normalized spacial score (nSPS) is 12.8. The number of nitrogens with zero attached hydrogens (tertiary/aromatic N) is 1. The van der Waals surface area contributed by atoms with Crippen molar-refractivity contribution >= 4 is 58.4 Å². The lowest BCUT2D eigenvalue weighted by molar-refractivity contribution is -0.140. The van der Waals surface area contributed by atoms with Crippen LogP contribution in [0.4, 0.5) is 0 Å². The van der Waals surface area contributed by atoms with Gasteiger partial charge in [-0.05, 0) is 62.2 Å². The Labute approximate surface area is 203 Å². The first-order valence-corrected chi connectivity index (χ1v) is 12.2. The zero-order valence-electron chi connectivity index (χ0n) is 17.8. The van der Waals surface area contributed by atoms with Gasteiger partial charge in [-0.25, -0.2) is 0 Å². The van der Waals surface area contributed by atoms with Crippen LogP contribution in [0.2, 0.25) is 15.1 Å². The molecule has 0 saturated heterocycles. The molecule has 0 aromatic heterocycles. The zero-order valence-corrected chi connectivity index (χ0v) is 20.9. The van der Waals surface area contributed by atoms with E-state index in [1.807, 2.05) is 44.2 Å². The van der Waals surface area contributed by atoms with Gasteiger partial charge in [0.05, 0.1) is 10.0 Å². The summed E-state index contributed by atoms with van der Waals surface area (Å²) in [6, 6.07) is 12.2. The van der Waals surface area contributed by atoms with Gasteiger partial charge < -0.3 is 10.2 Å². The van der Waals surface area contributed by atoms with Crippen LogP contribution in [0, 0.1) is 0 Å². The number of hydrogen-bond acceptors (Lipinski definition) is 3. The van der Waals surface area contributed by atoms with E-state index in [-0.39, 0.29) is 24.4 Å². The van der Waals surface area contributed by atoms with Crippen LogP contribution in [0.15, 0.2) is 47.4 Å². The molecule has 0 bridgehead atoms. The van der Waals surface area contributed by atoms with Crippen molar-refractivity contribution in [2.75, 3.05) is 5.75 Å². The Bertz CT molecular complexity index is 893. The van der Waals surface area contributed by atoms with E-state index in [4.69, 9.17) is 34.8 Å². The minimum Gasteiger partial charge on any atom is -0.352 e. The van der Waals surface area contributed by atoms with E-state index in [1.54, 1.807) is 35.7 Å². The number of benzene rings is 2. The molecule has 0 fully saturated rings. The predicted molar refractivity (Wildman–Crippen MR) is 131 cm³/mol. The first-order valence-electron chi connectivity index (χ1n) is 10.1. The minimum absolute atomic E-state index is 0.0392. The molecule has 0 radical (unpaired) electrons. The van der Waals surface area contributed by atoms with E-state index < -0.39 is 6.04 Å². The second-order valence-corrected chi connectivity index (χ2v) is 9.74. The maximum atomic E-state index is 13.1. The van der Waals surface area contributed by atoms with Crippen molar-refractivity contribution in [1.29, 1.82) is 0 Å². The fourth-order valence-corrected chi connectivity index (χ4v) is 4.10. The molecule has 0 aliphatic rings. The minimum atomic E-state index is -0.614. The maximum Gasteiger partial charge on any atom is 0.242 e. The molecule has 2 aromatic carbocycles. The van der Waals surface area contributed by atoms with Gasteiger partial charge in [-0.3, -0.25) is 9.59 Å². The van der Waals surface area contributed by atoms with E-state index in [1.165, 1.54) is 0 Å². The Morgan fingerprint density at radius 3 is 2.32 bits per heavy atom. The molecule has 0 saturated carbocycles. The summed E-state index contributed by atoms with van der Waals surface area (Å²) < 4.78 is 0. The summed E-state index contributed by atoms with van der Waals surface area (Å²) in [5.41, 5.74) is 0.816. The Kier molecular flexibility index (Phi) is 10.5. The second kappa shape index (κ2) is 12.6. The van der Waals surface area contributed by atoms with Crippen molar-refractivity contribution in [3.8, 4) is 0 Å². The van der Waals surface area contributed by atoms with Crippen molar-refractivity contribution in [3.05, 3.63) is 63.1 Å². The number of carbonyl (C=O) groups excluding carboxylic acids is 2. The Hall–Kier alpha value is -1.40. The largest absolute Gasteiger partial charge is 0.352 e. The number of carbonyl (C=O) groups is 2. The number of rotatable bonds is 10. The Morgan fingerprint density at radius 1 is 1.03 bits per heavy atom. The van der Waals surface area contributed by atoms with Gasteiger partial charge in [0, 0.05) is 34.7 Å². The zero-order chi connectivity index (χ0) is 23.0. The van der Waals surface area contributed by atoms with Crippen LogP contribution >= 0.6 is 46.6 Å². The van der Waals surface area contributed by atoms with Crippen molar-refractivity contribution in [2.24, 2.45) is 0 Å². The van der Waals surface area contributed by atoms with E-state index in [0.717, 1.165) is 16.9 Å². The van der Waals surface area contributed by atoms with Crippen LogP contribution in [-0.2, 0) is 16.1 Å². The van der Waals surface area contributed by atoms with Crippen LogP contribution in [0.1, 0.15) is 39.2 Å². The van der Waals surface area contributed by atoms with Crippen molar-refractivity contribution in [1.82, 2.24) is 10.2 Å². The van der Waals surface area contributed by atoms with Gasteiger partial charge in [0.15, 0.2) is 0 Å². The monoisotopic (exact) mass is 500 g/mol. The SMILES string of the molecule is CC[C@H](C)NC(=O)[C@H](C)N(Cc1ccc(Cl)c(Cl)c1)C(=O)CCSc1ccc(Cl)cc1. The van der Waals surface area contributed by atoms with E-state index in [2.05, 4.69) is 5.32 Å². The third kappa shape index (κ3) is 8.23. The Morgan fingerprint density at radius 2 is 1.71 bits per heavy atom. The smallest absolute Gasteiger partial charge is 0.242 e. The predicted octanol–water partition coefficient (Wildman–Crippen LogP) is 6.46. The summed E-state index contributed by atoms with van der Waals surface area (Å²) >= 11 is 19.7. The van der Waals surface area contributed by atoms with Crippen molar-refractivity contribution in [2.45, 2.75) is 57.1 Å². The summed E-state index contributed by atoms with van der Waals surface area (Å²) in [4.78, 5) is 28.5. The number of thioether (sulfide) groups is 1. The fourth-order valence-electron chi connectivity index (χ4n) is 2.81. The van der Waals surface area contributed by atoms with Gasteiger partial charge >= 0.3 is 0 Å². The first kappa shape index (κ1) is 25.9. The lowest BCUT2D eigenvalue weighted by atomic mass is 10.1. The van der Waals surface area contributed by atoms with Gasteiger partial charge in [-0.15, -0.1) is 11.8 Å². The molecule has 2 aromatic rings. The number of amides is 2. The van der Waals surface area contributed by atoms with Crippen LogP contribution < -0.4 is 5.32 Å². The van der Waals surface area contributed by atoms with Gasteiger partial charge in [-0.2, -0.15) is 0 Å². The molecule has 4 nitrogen and oxygen atoms in total. The lowest BCUT2D eigenvalue weighted by Crippen LogP contribution is -2.49. The molecule has 2 rings (SSSR count). The average Bonchev–Trinajstić information content (AvgIpc) is 2.75. The second-order valence-electron chi connectivity index (χ2n) is 7.32. The molecule has 1 N–H and O–H groups in total. The van der Waals surface area contributed by atoms with Crippen molar-refractivity contribution in [3.63, 3.8) is 0 Å². The van der Waals surface area contributed by atoms with Crippen LogP contribution in [-0.4, -0.2) is 34.6 Å². The van der Waals surface area contributed by atoms with Gasteiger partial charge in [0.2, 0.25) is 11.8 Å². The molecular formula is C23H27Cl3N2O2S. The highest BCUT2D eigenvalue weighted by Gasteiger charge is 2.26. The molecule has 0 aliphatic heterocycles. The highest BCUT2D eigenvalue weighted by Crippen LogP contribution is 2.25. The summed E-state index contributed by atoms with van der Waals surface area (Å²) in [5.74, 6) is 0.324. The molecule has 2 amide bonds. The summed E-state index contributed by atoms with van der Waals surface area (Å²) in [6.07, 6.45) is 1.12. The average molecular weight is 502 g/mol. The maximum absolute atomic E-state index is 13.1. The van der Waals surface area contributed by atoms with Gasteiger partial charge in [0.25, 0.3) is 0 Å². The van der Waals surface area contributed by atoms with Gasteiger partial charge in [-0.1, -0.05) is 47.8 Å². The van der Waals surface area contributed by atoms with E-state index in [0.29, 0.717) is 27.2 Å². The van der Waals surface area contributed by atoms with Gasteiger partial charge in [0.1, 0.15) is 6.04 Å². The molecule has 8 heteroatoms. The lowest BCUT2D eigenvalue weighted by Gasteiger charge is -2.30. The molecule has 168 valence electrons. The highest BCUT2D eigenvalue weighted by atomic mass is 35.5. The quantitative estimate of drug-likeness (QED) is 0.380. The molecule has 2 atom stereocenters. The standard InChI is InChI=1S/C23H27Cl3N2O2S/c1-4-15(2)27-23(30)16(3)28(14-17-5-10-20(25)21(26)13-17)22(29)11-12-31-19-8-6-18(24)7-9-19/h5-10,13,15-16H,4,11-12,14H2,1-3H3,(H,27,30)/t15-,16-/m0/s1. The molecule has 0 unspecified atom stereocenters. The molecular weight excluding hydrogens is 475 g/mol. The third-order valence-corrected chi connectivity index (χ3v) is 6.91. The van der Waals surface area contributed by atoms with Crippen LogP contribution in [0.25, 0.3) is 0 Å². The number of nitrogens with one attached hydrogen (secondary N) is 1. The first-order chi connectivity index (χ1) is 14.7. The molecule has 0 spiro atoms. The molecule has 0 heterocycles. The Balaban J connectivity index is 2.10. The summed E-state index contributed by atoms with van der Waals surface area (Å²) in [6.45, 7) is 5.97. The van der Waals surface area contributed by atoms with E-state index >= 15 is 0 Å². The number of hydrogen-bond donors (Lipinski definition) is 1. The number of halogens is 3. The van der Waals surface area contributed by atoms with Crippen LogP contribution in [0.3, 0.4) is 0 Å². The van der Waals surface area contributed by atoms with Crippen molar-refractivity contribution < 1.29 is 9.59 Å². The highest BCUT2D eigenvalue weighted by molar-refractivity contribution is 7.99. The fraction of sp³-hybridized carbons (Fsp3) is 0.391. The summed E-state index contributed by atoms with van der Waals surface area (Å²) in [5, 5.41) is 4.50. The third-order valence-electron chi connectivity index (χ3n) is 4.90. The van der Waals surface area contributed by atoms with E-state index in [9.17, 15) is 9.59 Å². The summed E-state index contributed by atoms with van der Waals surface area (Å²) in [7, 11) is 0. The molecule has 0 aliphatic carbocycles. The molecule has 31 heavy (non-hydrogen) atoms. The van der Waals surface area contributed by atoms with Crippen LogP contribution in [0.5, 0.6) is 0 Å².